The zero-order valence-corrected chi connectivity index (χ0v) is 14.9. The van der Waals surface area contributed by atoms with E-state index in [1.807, 2.05) is 13.2 Å². The molecule has 1 atom stereocenters. The number of nitrogens with zero attached hydrogens (tertiary/aromatic N) is 6. The van der Waals surface area contributed by atoms with Crippen molar-refractivity contribution >= 4 is 10.2 Å². The Kier molecular flexibility index (Phi) is 4.66. The summed E-state index contributed by atoms with van der Waals surface area (Å²) < 4.78 is 29.2. The molecule has 2 aromatic rings. The lowest BCUT2D eigenvalue weighted by Crippen LogP contribution is -2.45. The van der Waals surface area contributed by atoms with Gasteiger partial charge >= 0.3 is 0 Å². The van der Waals surface area contributed by atoms with Gasteiger partial charge in [0.05, 0.1) is 23.8 Å². The third-order valence-electron chi connectivity index (χ3n) is 4.24. The van der Waals surface area contributed by atoms with Crippen molar-refractivity contribution in [3.63, 3.8) is 0 Å². The minimum atomic E-state index is -3.39. The van der Waals surface area contributed by atoms with Crippen LogP contribution in [0, 0.1) is 0 Å². The average Bonchev–Trinajstić information content (AvgIpc) is 3.01. The lowest BCUT2D eigenvalue weighted by Gasteiger charge is -2.33. The molecule has 0 amide bonds. The molecule has 0 unspecified atom stereocenters. The molecule has 0 spiro atoms. The largest absolute Gasteiger partial charge is 0.281 e. The molecule has 0 saturated carbocycles. The Morgan fingerprint density at radius 1 is 1.25 bits per heavy atom. The van der Waals surface area contributed by atoms with Crippen molar-refractivity contribution in [1.29, 1.82) is 0 Å². The van der Waals surface area contributed by atoms with Crippen molar-refractivity contribution in [3.05, 3.63) is 30.5 Å². The van der Waals surface area contributed by atoms with Gasteiger partial charge in [-0.3, -0.25) is 9.67 Å². The molecule has 1 fully saturated rings. The van der Waals surface area contributed by atoms with Gasteiger partial charge in [-0.15, -0.1) is 0 Å². The molecule has 2 aromatic heterocycles. The van der Waals surface area contributed by atoms with E-state index in [0.717, 1.165) is 29.8 Å². The average molecular weight is 350 g/mol. The highest BCUT2D eigenvalue weighted by molar-refractivity contribution is 7.86. The van der Waals surface area contributed by atoms with E-state index in [2.05, 4.69) is 10.1 Å². The molecule has 0 bridgehead atoms. The van der Waals surface area contributed by atoms with E-state index < -0.39 is 10.2 Å². The minimum Gasteiger partial charge on any atom is -0.275 e. The fourth-order valence-corrected chi connectivity index (χ4v) is 4.08. The van der Waals surface area contributed by atoms with Crippen LogP contribution in [-0.2, 0) is 17.3 Å². The summed E-state index contributed by atoms with van der Waals surface area (Å²) in [5, 5.41) is 4.15. The van der Waals surface area contributed by atoms with Crippen LogP contribution in [0.15, 0.2) is 24.8 Å². The SMILES string of the molecule is CN(C)S(=O)(=O)N1CCC[C@H](c2cncc(-c3cnn(C)c3)n2)C1. The monoisotopic (exact) mass is 350 g/mol. The van der Waals surface area contributed by atoms with Crippen LogP contribution in [0.4, 0.5) is 0 Å². The summed E-state index contributed by atoms with van der Waals surface area (Å²) in [5.41, 5.74) is 2.49. The van der Waals surface area contributed by atoms with E-state index in [9.17, 15) is 8.42 Å². The second-order valence-electron chi connectivity index (χ2n) is 6.22. The molecule has 24 heavy (non-hydrogen) atoms. The summed E-state index contributed by atoms with van der Waals surface area (Å²) in [6.07, 6.45) is 8.80. The molecule has 0 N–H and O–H groups in total. The van der Waals surface area contributed by atoms with Gasteiger partial charge in [-0.1, -0.05) is 0 Å². The molecule has 1 saturated heterocycles. The maximum absolute atomic E-state index is 12.4. The molecule has 130 valence electrons. The first-order chi connectivity index (χ1) is 11.4. The summed E-state index contributed by atoms with van der Waals surface area (Å²) in [7, 11) is 1.57. The molecule has 1 aliphatic rings. The van der Waals surface area contributed by atoms with Crippen LogP contribution in [-0.4, -0.2) is 64.0 Å². The topological polar surface area (TPSA) is 84.2 Å². The lowest BCUT2D eigenvalue weighted by molar-refractivity contribution is 0.296. The van der Waals surface area contributed by atoms with Gasteiger partial charge < -0.3 is 0 Å². The molecular weight excluding hydrogens is 328 g/mol. The van der Waals surface area contributed by atoms with Gasteiger partial charge in [-0.2, -0.15) is 22.1 Å². The van der Waals surface area contributed by atoms with Crippen LogP contribution in [0.5, 0.6) is 0 Å². The van der Waals surface area contributed by atoms with Gasteiger partial charge in [0.25, 0.3) is 10.2 Å². The molecule has 1 aliphatic heterocycles. The lowest BCUT2D eigenvalue weighted by atomic mass is 9.96. The number of piperidine rings is 1. The number of aromatic nitrogens is 4. The maximum Gasteiger partial charge on any atom is 0.281 e. The van der Waals surface area contributed by atoms with Crippen molar-refractivity contribution in [2.45, 2.75) is 18.8 Å². The summed E-state index contributed by atoms with van der Waals surface area (Å²) >= 11 is 0. The minimum absolute atomic E-state index is 0.0533. The fraction of sp³-hybridized carbons (Fsp3) is 0.533. The molecule has 0 aromatic carbocycles. The normalized spacial score (nSPS) is 19.8. The van der Waals surface area contributed by atoms with Crippen molar-refractivity contribution in [2.75, 3.05) is 27.2 Å². The molecule has 0 radical (unpaired) electrons. The van der Waals surface area contributed by atoms with Crippen LogP contribution in [0.3, 0.4) is 0 Å². The summed E-state index contributed by atoms with van der Waals surface area (Å²) in [6.45, 7) is 0.985. The van der Waals surface area contributed by atoms with E-state index in [-0.39, 0.29) is 5.92 Å². The number of aryl methyl sites for hydroxylation is 1. The maximum atomic E-state index is 12.4. The summed E-state index contributed by atoms with van der Waals surface area (Å²) in [6, 6.07) is 0. The van der Waals surface area contributed by atoms with E-state index in [4.69, 9.17) is 4.98 Å². The third kappa shape index (κ3) is 3.33. The Labute approximate surface area is 142 Å². The van der Waals surface area contributed by atoms with Crippen molar-refractivity contribution in [1.82, 2.24) is 28.4 Å². The number of hydrogen-bond donors (Lipinski definition) is 0. The highest BCUT2D eigenvalue weighted by Crippen LogP contribution is 2.28. The Morgan fingerprint density at radius 3 is 2.71 bits per heavy atom. The second-order valence-corrected chi connectivity index (χ2v) is 8.36. The first-order valence-corrected chi connectivity index (χ1v) is 9.26. The zero-order chi connectivity index (χ0) is 17.3. The standard InChI is InChI=1S/C15H22N6O2S/c1-19(2)24(22,23)21-6-4-5-12(11-21)14-8-16-9-15(18-14)13-7-17-20(3)10-13/h7-10,12H,4-6,11H2,1-3H3/t12-/m0/s1. The molecule has 8 nitrogen and oxygen atoms in total. The highest BCUT2D eigenvalue weighted by atomic mass is 32.2. The van der Waals surface area contributed by atoms with E-state index in [1.54, 1.807) is 37.4 Å². The van der Waals surface area contributed by atoms with E-state index in [1.165, 1.54) is 8.61 Å². The summed E-state index contributed by atoms with van der Waals surface area (Å²) in [4.78, 5) is 8.98. The van der Waals surface area contributed by atoms with Gasteiger partial charge in [0.2, 0.25) is 0 Å². The molecule has 3 heterocycles. The van der Waals surface area contributed by atoms with Crippen LogP contribution < -0.4 is 0 Å². The molecular formula is C15H22N6O2S. The first-order valence-electron chi connectivity index (χ1n) is 7.86. The van der Waals surface area contributed by atoms with Crippen LogP contribution >= 0.6 is 0 Å². The first kappa shape index (κ1) is 17.0. The Hall–Kier alpha value is -1.84. The van der Waals surface area contributed by atoms with Gasteiger partial charge in [-0.05, 0) is 12.8 Å². The van der Waals surface area contributed by atoms with Crippen LogP contribution in [0.2, 0.25) is 0 Å². The highest BCUT2D eigenvalue weighted by Gasteiger charge is 2.31. The molecule has 0 aliphatic carbocycles. The Morgan fingerprint density at radius 2 is 2.04 bits per heavy atom. The predicted octanol–water partition coefficient (Wildman–Crippen LogP) is 0.863. The summed E-state index contributed by atoms with van der Waals surface area (Å²) in [5.74, 6) is 0.0533. The fourth-order valence-electron chi connectivity index (χ4n) is 2.89. The second kappa shape index (κ2) is 6.58. The Bertz CT molecular complexity index is 817. The van der Waals surface area contributed by atoms with Gasteiger partial charge in [0.1, 0.15) is 0 Å². The van der Waals surface area contributed by atoms with Crippen LogP contribution in [0.25, 0.3) is 11.3 Å². The van der Waals surface area contributed by atoms with E-state index >= 15 is 0 Å². The van der Waals surface area contributed by atoms with Crippen LogP contribution in [0.1, 0.15) is 24.5 Å². The van der Waals surface area contributed by atoms with E-state index in [0.29, 0.717) is 13.1 Å². The van der Waals surface area contributed by atoms with Gasteiger partial charge in [0.15, 0.2) is 0 Å². The predicted molar refractivity (Wildman–Crippen MR) is 90.4 cm³/mol. The van der Waals surface area contributed by atoms with Gasteiger partial charge in [0, 0.05) is 58.1 Å². The molecule has 3 rings (SSSR count). The van der Waals surface area contributed by atoms with Crippen molar-refractivity contribution in [2.24, 2.45) is 7.05 Å². The van der Waals surface area contributed by atoms with Crippen molar-refractivity contribution in [3.8, 4) is 11.3 Å². The smallest absolute Gasteiger partial charge is 0.275 e. The zero-order valence-electron chi connectivity index (χ0n) is 14.1. The third-order valence-corrected chi connectivity index (χ3v) is 6.15. The number of hydrogen-bond acceptors (Lipinski definition) is 5. The quantitative estimate of drug-likeness (QED) is 0.817. The van der Waals surface area contributed by atoms with Gasteiger partial charge in [-0.25, -0.2) is 4.98 Å². The molecule has 9 heteroatoms. The van der Waals surface area contributed by atoms with Crippen molar-refractivity contribution < 1.29 is 8.42 Å². The Balaban J connectivity index is 1.84. The number of rotatable bonds is 4.